The van der Waals surface area contributed by atoms with Gasteiger partial charge in [-0.2, -0.15) is 9.72 Å². The van der Waals surface area contributed by atoms with E-state index < -0.39 is 23.2 Å². The van der Waals surface area contributed by atoms with E-state index in [0.717, 1.165) is 0 Å². The maximum Gasteiger partial charge on any atom is 0.423 e. The highest BCUT2D eigenvalue weighted by Gasteiger charge is 2.10. The van der Waals surface area contributed by atoms with Gasteiger partial charge in [-0.3, -0.25) is 9.59 Å². The first-order valence-corrected chi connectivity index (χ1v) is 5.49. The molecule has 0 saturated heterocycles. The van der Waals surface area contributed by atoms with Crippen LogP contribution in [0.4, 0.5) is 0 Å². The summed E-state index contributed by atoms with van der Waals surface area (Å²) in [5, 5.41) is 8.57. The first-order chi connectivity index (χ1) is 8.41. The molecule has 0 amide bonds. The van der Waals surface area contributed by atoms with Gasteiger partial charge in [0.25, 0.3) is 0 Å². The van der Waals surface area contributed by atoms with Crippen molar-refractivity contribution in [1.82, 2.24) is 9.72 Å². The first-order valence-electron chi connectivity index (χ1n) is 5.49. The average molecular weight is 257 g/mol. The highest BCUT2D eigenvalue weighted by atomic mass is 16.5. The second-order valence-electron chi connectivity index (χ2n) is 3.89. The maximum atomic E-state index is 11.0. The third-order valence-corrected chi connectivity index (χ3v) is 2.44. The van der Waals surface area contributed by atoms with Crippen LogP contribution in [-0.4, -0.2) is 26.8 Å². The fraction of sp³-hybridized carbons (Fsp3) is 0.600. The fourth-order valence-electron chi connectivity index (χ4n) is 1.40. The molecule has 0 unspecified atom stereocenters. The second kappa shape index (κ2) is 6.10. The molecule has 0 aliphatic carbocycles. The van der Waals surface area contributed by atoms with E-state index in [4.69, 9.17) is 15.4 Å². The number of hydrogen-bond acceptors (Lipinski definition) is 6. The highest BCUT2D eigenvalue weighted by Crippen LogP contribution is 2.02. The predicted molar refractivity (Wildman–Crippen MR) is 61.2 cm³/mol. The van der Waals surface area contributed by atoms with Gasteiger partial charge in [-0.05, 0) is 26.2 Å². The van der Waals surface area contributed by atoms with Crippen molar-refractivity contribution in [2.45, 2.75) is 38.8 Å². The van der Waals surface area contributed by atoms with Gasteiger partial charge in [-0.25, -0.2) is 4.79 Å². The molecule has 0 aliphatic heterocycles. The summed E-state index contributed by atoms with van der Waals surface area (Å²) in [4.78, 5) is 35.8. The Balaban J connectivity index is 2.50. The smallest absolute Gasteiger partial charge is 0.423 e. The Morgan fingerprint density at radius 3 is 2.78 bits per heavy atom. The molecule has 0 fully saturated rings. The number of hydrogen-bond donors (Lipinski definition) is 2. The summed E-state index contributed by atoms with van der Waals surface area (Å²) in [6.07, 6.45) is 1.49. The largest absolute Gasteiger partial charge is 0.480 e. The van der Waals surface area contributed by atoms with Crippen LogP contribution in [0.15, 0.2) is 14.1 Å². The quantitative estimate of drug-likeness (QED) is 0.498. The molecule has 0 radical (unpaired) electrons. The summed E-state index contributed by atoms with van der Waals surface area (Å²) < 4.78 is 5.95. The number of nitrogens with zero attached hydrogens (tertiary/aromatic N) is 2. The van der Waals surface area contributed by atoms with Gasteiger partial charge in [0.1, 0.15) is 11.9 Å². The lowest BCUT2D eigenvalue weighted by molar-refractivity contribution is -0.138. The number of carbonyl (C=O) groups is 1. The van der Waals surface area contributed by atoms with Crippen LogP contribution < -0.4 is 16.9 Å². The van der Waals surface area contributed by atoms with Crippen molar-refractivity contribution in [1.29, 1.82) is 0 Å². The third kappa shape index (κ3) is 3.81. The fourth-order valence-corrected chi connectivity index (χ4v) is 1.40. The number of aryl methyl sites for hydroxylation is 2. The van der Waals surface area contributed by atoms with Crippen LogP contribution in [-0.2, 0) is 11.3 Å². The van der Waals surface area contributed by atoms with Gasteiger partial charge in [-0.15, -0.1) is 0 Å². The van der Waals surface area contributed by atoms with Crippen molar-refractivity contribution in [3.8, 4) is 0 Å². The summed E-state index contributed by atoms with van der Waals surface area (Å²) in [6, 6.07) is -0.884. The van der Waals surface area contributed by atoms with Crippen molar-refractivity contribution in [3.63, 3.8) is 0 Å². The Bertz CT molecular complexity index is 533. The summed E-state index contributed by atoms with van der Waals surface area (Å²) in [6.45, 7) is 1.90. The summed E-state index contributed by atoms with van der Waals surface area (Å²) in [5.74, 6) is -0.732. The van der Waals surface area contributed by atoms with Crippen molar-refractivity contribution < 1.29 is 14.4 Å². The predicted octanol–water partition coefficient (Wildman–Crippen LogP) is -0.913. The normalized spacial score (nSPS) is 12.3. The van der Waals surface area contributed by atoms with Gasteiger partial charge in [0.05, 0.1) is 6.54 Å². The van der Waals surface area contributed by atoms with Gasteiger partial charge in [0, 0.05) is 0 Å². The summed E-state index contributed by atoms with van der Waals surface area (Å²) in [5.41, 5.74) is 3.41. The minimum absolute atomic E-state index is 0.308. The van der Waals surface area contributed by atoms with Crippen molar-refractivity contribution >= 4 is 5.97 Å². The minimum atomic E-state index is -1.04. The van der Waals surface area contributed by atoms with E-state index in [2.05, 4.69) is 4.98 Å². The number of carboxylic acid groups (broad SMARTS) is 1. The van der Waals surface area contributed by atoms with Crippen LogP contribution in [0.3, 0.4) is 0 Å². The summed E-state index contributed by atoms with van der Waals surface area (Å²) in [7, 11) is 0. The summed E-state index contributed by atoms with van der Waals surface area (Å²) >= 11 is 0. The van der Waals surface area contributed by atoms with E-state index in [1.807, 2.05) is 0 Å². The van der Waals surface area contributed by atoms with Crippen LogP contribution in [0, 0.1) is 6.92 Å². The molecule has 3 N–H and O–H groups in total. The van der Waals surface area contributed by atoms with E-state index in [0.29, 0.717) is 31.6 Å². The van der Waals surface area contributed by atoms with Crippen LogP contribution in [0.5, 0.6) is 0 Å². The van der Waals surface area contributed by atoms with Gasteiger partial charge in [0.2, 0.25) is 0 Å². The van der Waals surface area contributed by atoms with Crippen molar-refractivity contribution in [2.24, 2.45) is 5.73 Å². The molecule has 0 aromatic carbocycles. The van der Waals surface area contributed by atoms with Crippen molar-refractivity contribution in [2.75, 3.05) is 0 Å². The van der Waals surface area contributed by atoms with E-state index in [1.165, 1.54) is 4.74 Å². The minimum Gasteiger partial charge on any atom is -0.480 e. The monoisotopic (exact) mass is 257 g/mol. The molecular formula is C10H15N3O5. The zero-order valence-corrected chi connectivity index (χ0v) is 9.96. The van der Waals surface area contributed by atoms with E-state index in [9.17, 15) is 14.4 Å². The number of aliphatic carboxylic acids is 1. The molecule has 0 spiro atoms. The molecule has 1 rings (SSSR count). The Morgan fingerprint density at radius 1 is 1.50 bits per heavy atom. The van der Waals surface area contributed by atoms with Crippen LogP contribution in [0.2, 0.25) is 0 Å². The zero-order chi connectivity index (χ0) is 13.7. The van der Waals surface area contributed by atoms with Crippen LogP contribution in [0.1, 0.15) is 25.1 Å². The van der Waals surface area contributed by atoms with Gasteiger partial charge >= 0.3 is 17.2 Å². The molecular weight excluding hydrogens is 242 g/mol. The molecule has 1 atom stereocenters. The lowest BCUT2D eigenvalue weighted by atomic mass is 10.1. The lowest BCUT2D eigenvalue weighted by Crippen LogP contribution is -2.31. The van der Waals surface area contributed by atoms with Gasteiger partial charge in [0.15, 0.2) is 0 Å². The topological polar surface area (TPSA) is 128 Å². The number of aromatic nitrogens is 2. The molecule has 8 nitrogen and oxygen atoms in total. The average Bonchev–Trinajstić information content (AvgIpc) is 2.30. The van der Waals surface area contributed by atoms with E-state index >= 15 is 0 Å². The van der Waals surface area contributed by atoms with Crippen LogP contribution in [0.25, 0.3) is 0 Å². The molecule has 8 heteroatoms. The molecule has 1 aromatic rings. The molecule has 0 aliphatic rings. The van der Waals surface area contributed by atoms with Crippen molar-refractivity contribution in [3.05, 3.63) is 26.6 Å². The molecule has 1 heterocycles. The first kappa shape index (κ1) is 14.1. The molecule has 1 aromatic heterocycles. The Hall–Kier alpha value is -1.96. The Kier molecular flexibility index (Phi) is 4.78. The number of carboxylic acids is 1. The zero-order valence-electron chi connectivity index (χ0n) is 9.96. The Labute approximate surface area is 102 Å². The number of unbranched alkanes of at least 4 members (excludes halogenated alkanes) is 1. The highest BCUT2D eigenvalue weighted by molar-refractivity contribution is 5.72. The van der Waals surface area contributed by atoms with Gasteiger partial charge < -0.3 is 15.4 Å². The molecule has 0 saturated carbocycles. The molecule has 18 heavy (non-hydrogen) atoms. The third-order valence-electron chi connectivity index (χ3n) is 2.44. The number of nitrogens with two attached hydrogens (primary N) is 1. The number of rotatable bonds is 6. The second-order valence-corrected chi connectivity index (χ2v) is 3.89. The SMILES string of the molecule is Cc1nc(=O)c(=O)on1CCCC[C@H](N)C(=O)O. The van der Waals surface area contributed by atoms with E-state index in [-0.39, 0.29) is 0 Å². The maximum absolute atomic E-state index is 11.0. The van der Waals surface area contributed by atoms with Gasteiger partial charge in [-0.1, -0.05) is 0 Å². The lowest BCUT2D eigenvalue weighted by Gasteiger charge is -2.08. The van der Waals surface area contributed by atoms with E-state index in [1.54, 1.807) is 6.92 Å². The van der Waals surface area contributed by atoms with Crippen LogP contribution >= 0.6 is 0 Å². The molecule has 100 valence electrons. The standard InChI is InChI=1S/C10H15N3O5/c1-6-12-8(14)10(17)18-13(6)5-3-2-4-7(11)9(15)16/h7H,2-5,11H2,1H3,(H,15,16)/t7-/m0/s1. The molecule has 0 bridgehead atoms. The Morgan fingerprint density at radius 2 is 2.17 bits per heavy atom.